The molecule has 6 heteroatoms. The van der Waals surface area contributed by atoms with Crippen molar-refractivity contribution in [2.24, 2.45) is 0 Å². The lowest BCUT2D eigenvalue weighted by Gasteiger charge is -2.08. The molecule has 0 aliphatic heterocycles. The Labute approximate surface area is 121 Å². The normalized spacial score (nSPS) is 9.90. The highest BCUT2D eigenvalue weighted by Crippen LogP contribution is 2.13. The third-order valence-corrected chi connectivity index (χ3v) is 2.87. The van der Waals surface area contributed by atoms with Crippen LogP contribution >= 0.6 is 0 Å². The molecule has 0 saturated heterocycles. The second-order valence-corrected chi connectivity index (χ2v) is 4.49. The second-order valence-electron chi connectivity index (χ2n) is 4.49. The van der Waals surface area contributed by atoms with Gasteiger partial charge in [-0.3, -0.25) is 9.59 Å². The number of benzene rings is 1. The fourth-order valence-corrected chi connectivity index (χ4v) is 1.82. The molecule has 0 saturated carbocycles. The minimum atomic E-state index is -0.270. The summed E-state index contributed by atoms with van der Waals surface area (Å²) in [6.07, 6.45) is 0.107. The molecule has 1 aromatic heterocycles. The minimum absolute atomic E-state index is 0.107. The quantitative estimate of drug-likeness (QED) is 0.919. The van der Waals surface area contributed by atoms with Crippen molar-refractivity contribution in [1.82, 2.24) is 9.78 Å². The molecule has 1 N–H and O–H groups in total. The molecule has 1 heterocycles. The average Bonchev–Trinajstić information content (AvgIpc) is 2.49. The number of anilines is 1. The summed E-state index contributed by atoms with van der Waals surface area (Å²) in [5, 5.41) is 15.7. The van der Waals surface area contributed by atoms with Crippen LogP contribution in [0.5, 0.6) is 0 Å². The maximum Gasteiger partial charge on any atom is 0.266 e. The van der Waals surface area contributed by atoms with Crippen molar-refractivity contribution in [2.45, 2.75) is 19.9 Å². The lowest BCUT2D eigenvalue weighted by Crippen LogP contribution is -2.25. The Balaban J connectivity index is 2.01. The van der Waals surface area contributed by atoms with Crippen LogP contribution in [0, 0.1) is 18.3 Å². The Morgan fingerprint density at radius 3 is 2.86 bits per heavy atom. The summed E-state index contributed by atoms with van der Waals surface area (Å²) in [6.45, 7) is 1.97. The molecule has 1 amide bonds. The van der Waals surface area contributed by atoms with E-state index >= 15 is 0 Å². The number of nitrogens with one attached hydrogen (secondary N) is 1. The van der Waals surface area contributed by atoms with E-state index in [9.17, 15) is 9.59 Å². The summed E-state index contributed by atoms with van der Waals surface area (Å²) < 4.78 is 1.26. The zero-order valence-corrected chi connectivity index (χ0v) is 11.5. The molecule has 0 radical (unpaired) electrons. The van der Waals surface area contributed by atoms with Crippen molar-refractivity contribution in [2.75, 3.05) is 5.32 Å². The van der Waals surface area contributed by atoms with E-state index in [1.54, 1.807) is 37.3 Å². The summed E-state index contributed by atoms with van der Waals surface area (Å²) in [6, 6.07) is 11.8. The highest BCUT2D eigenvalue weighted by atomic mass is 16.2. The highest BCUT2D eigenvalue weighted by molar-refractivity contribution is 5.91. The first-order chi connectivity index (χ1) is 10.1. The van der Waals surface area contributed by atoms with E-state index in [-0.39, 0.29) is 24.4 Å². The molecule has 1 aromatic carbocycles. The number of amides is 1. The topological polar surface area (TPSA) is 87.8 Å². The number of aromatic nitrogens is 2. The Morgan fingerprint density at radius 2 is 2.10 bits per heavy atom. The number of hydrogen-bond acceptors (Lipinski definition) is 4. The largest absolute Gasteiger partial charge is 0.325 e. The van der Waals surface area contributed by atoms with E-state index in [1.807, 2.05) is 6.07 Å². The Hall–Kier alpha value is -2.94. The predicted octanol–water partition coefficient (Wildman–Crippen LogP) is 1.45. The number of hydrogen-bond donors (Lipinski definition) is 1. The highest BCUT2D eigenvalue weighted by Gasteiger charge is 2.07. The molecule has 2 aromatic rings. The van der Waals surface area contributed by atoms with Gasteiger partial charge in [-0.05, 0) is 25.1 Å². The van der Waals surface area contributed by atoms with Crippen LogP contribution in [-0.4, -0.2) is 15.7 Å². The van der Waals surface area contributed by atoms with Gasteiger partial charge in [0.15, 0.2) is 0 Å². The number of nitriles is 1. The van der Waals surface area contributed by atoms with Crippen LogP contribution in [0.1, 0.15) is 17.7 Å². The molecule has 0 bridgehead atoms. The molecular formula is C15H14N4O2. The molecule has 0 spiro atoms. The van der Waals surface area contributed by atoms with Crippen LogP contribution in [0.2, 0.25) is 0 Å². The van der Waals surface area contributed by atoms with Crippen molar-refractivity contribution in [3.63, 3.8) is 0 Å². The summed E-state index contributed by atoms with van der Waals surface area (Å²) in [7, 11) is 0. The van der Waals surface area contributed by atoms with Gasteiger partial charge in [-0.15, -0.1) is 0 Å². The Kier molecular flexibility index (Phi) is 4.46. The maximum absolute atomic E-state index is 11.9. The van der Waals surface area contributed by atoms with Gasteiger partial charge < -0.3 is 5.32 Å². The molecule has 6 nitrogen and oxygen atoms in total. The van der Waals surface area contributed by atoms with Crippen LogP contribution in [0.3, 0.4) is 0 Å². The summed E-state index contributed by atoms with van der Waals surface area (Å²) in [5.41, 5.74) is 1.34. The Morgan fingerprint density at radius 1 is 1.33 bits per heavy atom. The fraction of sp³-hybridized carbons (Fsp3) is 0.200. The van der Waals surface area contributed by atoms with Gasteiger partial charge in [0.25, 0.3) is 5.56 Å². The SMILES string of the molecule is Cc1ccc(=O)n(CCC(=O)Nc2ccccc2C#N)n1. The standard InChI is InChI=1S/C15H14N4O2/c1-11-6-7-15(21)19(18-11)9-8-14(20)17-13-5-3-2-4-12(13)10-16/h2-7H,8-9H2,1H3,(H,17,20). The third kappa shape index (κ3) is 3.76. The van der Waals surface area contributed by atoms with Gasteiger partial charge in [0.1, 0.15) is 6.07 Å². The van der Waals surface area contributed by atoms with E-state index in [1.165, 1.54) is 10.7 Å². The first-order valence-corrected chi connectivity index (χ1v) is 6.44. The molecule has 0 unspecified atom stereocenters. The molecule has 106 valence electrons. The minimum Gasteiger partial charge on any atom is -0.325 e. The van der Waals surface area contributed by atoms with E-state index in [4.69, 9.17) is 5.26 Å². The summed E-state index contributed by atoms with van der Waals surface area (Å²) in [5.74, 6) is -0.270. The predicted molar refractivity (Wildman–Crippen MR) is 77.6 cm³/mol. The average molecular weight is 282 g/mol. The summed E-state index contributed by atoms with van der Waals surface area (Å²) in [4.78, 5) is 23.5. The number of carbonyl (C=O) groups is 1. The van der Waals surface area contributed by atoms with Crippen LogP contribution in [0.15, 0.2) is 41.2 Å². The van der Waals surface area contributed by atoms with Gasteiger partial charge >= 0.3 is 0 Å². The monoisotopic (exact) mass is 282 g/mol. The molecule has 0 fully saturated rings. The number of aryl methyl sites for hydroxylation is 2. The maximum atomic E-state index is 11.9. The van der Waals surface area contributed by atoms with Gasteiger partial charge in [-0.1, -0.05) is 12.1 Å². The smallest absolute Gasteiger partial charge is 0.266 e. The first-order valence-electron chi connectivity index (χ1n) is 6.44. The van der Waals surface area contributed by atoms with Crippen LogP contribution < -0.4 is 10.9 Å². The van der Waals surface area contributed by atoms with Crippen molar-refractivity contribution < 1.29 is 4.79 Å². The van der Waals surface area contributed by atoms with Crippen molar-refractivity contribution >= 4 is 11.6 Å². The van der Waals surface area contributed by atoms with Crippen LogP contribution in [-0.2, 0) is 11.3 Å². The van der Waals surface area contributed by atoms with Crippen molar-refractivity contribution in [3.8, 4) is 6.07 Å². The van der Waals surface area contributed by atoms with Gasteiger partial charge in [0, 0.05) is 12.5 Å². The Bertz CT molecular complexity index is 759. The van der Waals surface area contributed by atoms with Crippen LogP contribution in [0.4, 0.5) is 5.69 Å². The van der Waals surface area contributed by atoms with Crippen LogP contribution in [0.25, 0.3) is 0 Å². The van der Waals surface area contributed by atoms with Gasteiger partial charge in [-0.2, -0.15) is 10.4 Å². The second kappa shape index (κ2) is 6.48. The lowest BCUT2D eigenvalue weighted by atomic mass is 10.2. The van der Waals surface area contributed by atoms with E-state index in [2.05, 4.69) is 10.4 Å². The number of carbonyl (C=O) groups excluding carboxylic acids is 1. The molecule has 0 aliphatic rings. The molecule has 0 atom stereocenters. The van der Waals surface area contributed by atoms with E-state index in [0.29, 0.717) is 16.9 Å². The molecule has 0 aliphatic carbocycles. The zero-order valence-electron chi connectivity index (χ0n) is 11.5. The molecule has 2 rings (SSSR count). The number of para-hydroxylation sites is 1. The lowest BCUT2D eigenvalue weighted by molar-refractivity contribution is -0.116. The van der Waals surface area contributed by atoms with Crippen molar-refractivity contribution in [3.05, 3.63) is 58.0 Å². The number of rotatable bonds is 4. The fourth-order valence-electron chi connectivity index (χ4n) is 1.82. The summed E-state index contributed by atoms with van der Waals surface area (Å²) >= 11 is 0. The van der Waals surface area contributed by atoms with Crippen molar-refractivity contribution in [1.29, 1.82) is 5.26 Å². The van der Waals surface area contributed by atoms with Gasteiger partial charge in [0.2, 0.25) is 5.91 Å². The molecule has 21 heavy (non-hydrogen) atoms. The zero-order chi connectivity index (χ0) is 15.2. The first kappa shape index (κ1) is 14.5. The van der Waals surface area contributed by atoms with E-state index in [0.717, 1.165) is 0 Å². The van der Waals surface area contributed by atoms with Gasteiger partial charge in [0.05, 0.1) is 23.5 Å². The third-order valence-electron chi connectivity index (χ3n) is 2.87. The van der Waals surface area contributed by atoms with E-state index < -0.39 is 0 Å². The van der Waals surface area contributed by atoms with Gasteiger partial charge in [-0.25, -0.2) is 4.68 Å². The number of nitrogens with zero attached hydrogens (tertiary/aromatic N) is 3. The molecular weight excluding hydrogens is 268 g/mol.